The molecule has 0 atom stereocenters. The molecule has 2 fully saturated rings. The van der Waals surface area contributed by atoms with E-state index in [0.717, 1.165) is 46.2 Å². The van der Waals surface area contributed by atoms with Gasteiger partial charge in [0, 0.05) is 57.7 Å². The smallest absolute Gasteiger partial charge is 0.331 e. The second-order valence-corrected chi connectivity index (χ2v) is 12.6. The lowest BCUT2D eigenvalue weighted by Gasteiger charge is -2.35. The van der Waals surface area contributed by atoms with Crippen LogP contribution >= 0.6 is 0 Å². The molecule has 0 saturated carbocycles. The zero-order valence-electron chi connectivity index (χ0n) is 27.2. The minimum absolute atomic E-state index is 0.00957. The standard InChI is InChI=1S/C34H42N8O4/c1-5-11-40-28-20-24-26(21-29(28)41(12-6-2)34(40)45)35-32(39-15-17-46-18-16-39)36-30(24)38-13-9-23(10-14-38)42-31(43)25-19-22(3)7-8-27(25)37(4)33(42)44/h7-8,19-21,23H,5-6,9-18H2,1-4H3. The number of hydrogen-bond acceptors (Lipinski definition) is 8. The van der Waals surface area contributed by atoms with Crippen molar-refractivity contribution in [1.29, 1.82) is 0 Å². The summed E-state index contributed by atoms with van der Waals surface area (Å²) in [4.78, 5) is 55.2. The molecule has 0 N–H and O–H groups in total. The van der Waals surface area contributed by atoms with Gasteiger partial charge in [-0.3, -0.25) is 23.1 Å². The highest BCUT2D eigenvalue weighted by Crippen LogP contribution is 2.34. The first-order chi connectivity index (χ1) is 22.3. The molecule has 5 heterocycles. The average molecular weight is 627 g/mol. The molecule has 12 nitrogen and oxygen atoms in total. The summed E-state index contributed by atoms with van der Waals surface area (Å²) in [6.45, 7) is 11.3. The van der Waals surface area contributed by atoms with E-state index in [-0.39, 0.29) is 23.0 Å². The number of piperidine rings is 1. The minimum Gasteiger partial charge on any atom is -0.378 e. The Morgan fingerprint density at radius 3 is 2.13 bits per heavy atom. The molecule has 12 heteroatoms. The van der Waals surface area contributed by atoms with E-state index in [1.807, 2.05) is 34.3 Å². The quantitative estimate of drug-likeness (QED) is 0.270. The molecule has 242 valence electrons. The first-order valence-corrected chi connectivity index (χ1v) is 16.5. The third-order valence-corrected chi connectivity index (χ3v) is 9.58. The van der Waals surface area contributed by atoms with Crippen LogP contribution in [0.15, 0.2) is 44.7 Å². The molecule has 0 radical (unpaired) electrons. The first-order valence-electron chi connectivity index (χ1n) is 16.5. The van der Waals surface area contributed by atoms with Crippen LogP contribution in [0, 0.1) is 6.92 Å². The Morgan fingerprint density at radius 2 is 1.46 bits per heavy atom. The lowest BCUT2D eigenvalue weighted by atomic mass is 10.0. The summed E-state index contributed by atoms with van der Waals surface area (Å²) in [5.41, 5.74) is 3.73. The number of anilines is 2. The van der Waals surface area contributed by atoms with Crippen LogP contribution < -0.4 is 26.7 Å². The van der Waals surface area contributed by atoms with Crippen molar-refractivity contribution in [2.24, 2.45) is 7.05 Å². The van der Waals surface area contributed by atoms with Crippen molar-refractivity contribution in [2.75, 3.05) is 49.2 Å². The van der Waals surface area contributed by atoms with Gasteiger partial charge in [-0.15, -0.1) is 0 Å². The number of imidazole rings is 1. The summed E-state index contributed by atoms with van der Waals surface area (Å²) < 4.78 is 12.4. The number of rotatable bonds is 7. The Labute approximate surface area is 266 Å². The fraction of sp³-hybridized carbons (Fsp3) is 0.500. The Kier molecular flexibility index (Phi) is 7.92. The molecule has 0 aliphatic carbocycles. The predicted octanol–water partition coefficient (Wildman–Crippen LogP) is 3.57. The maximum Gasteiger partial charge on any atom is 0.331 e. The van der Waals surface area contributed by atoms with E-state index in [2.05, 4.69) is 35.8 Å². The van der Waals surface area contributed by atoms with Gasteiger partial charge in [0.05, 0.1) is 40.7 Å². The third kappa shape index (κ3) is 4.99. The van der Waals surface area contributed by atoms with E-state index in [1.165, 1.54) is 4.57 Å². The summed E-state index contributed by atoms with van der Waals surface area (Å²) in [5.74, 6) is 1.47. The lowest BCUT2D eigenvalue weighted by molar-refractivity contribution is 0.122. The van der Waals surface area contributed by atoms with Gasteiger partial charge in [-0.05, 0) is 56.9 Å². The van der Waals surface area contributed by atoms with Crippen LogP contribution in [0.5, 0.6) is 0 Å². The van der Waals surface area contributed by atoms with E-state index in [4.69, 9.17) is 14.7 Å². The number of aryl methyl sites for hydroxylation is 4. The highest BCUT2D eigenvalue weighted by Gasteiger charge is 2.28. The fourth-order valence-corrected chi connectivity index (χ4v) is 7.19. The number of aromatic nitrogens is 6. The highest BCUT2D eigenvalue weighted by molar-refractivity contribution is 6.00. The summed E-state index contributed by atoms with van der Waals surface area (Å²) in [6, 6.07) is 9.56. The molecule has 2 aliphatic heterocycles. The van der Waals surface area contributed by atoms with Crippen molar-refractivity contribution in [1.82, 2.24) is 28.2 Å². The van der Waals surface area contributed by atoms with Gasteiger partial charge in [-0.1, -0.05) is 25.5 Å². The topological polar surface area (TPSA) is 112 Å². The molecule has 2 aromatic carbocycles. The average Bonchev–Trinajstić information content (AvgIpc) is 3.32. The molecule has 2 saturated heterocycles. The zero-order valence-corrected chi connectivity index (χ0v) is 27.2. The second kappa shape index (κ2) is 12.1. The van der Waals surface area contributed by atoms with Gasteiger partial charge in [0.25, 0.3) is 5.56 Å². The predicted molar refractivity (Wildman–Crippen MR) is 182 cm³/mol. The van der Waals surface area contributed by atoms with Gasteiger partial charge in [0.2, 0.25) is 5.95 Å². The summed E-state index contributed by atoms with van der Waals surface area (Å²) in [5, 5.41) is 1.47. The summed E-state index contributed by atoms with van der Waals surface area (Å²) in [7, 11) is 1.73. The van der Waals surface area contributed by atoms with Gasteiger partial charge in [0.15, 0.2) is 0 Å². The van der Waals surface area contributed by atoms with Crippen molar-refractivity contribution in [3.63, 3.8) is 0 Å². The summed E-state index contributed by atoms with van der Waals surface area (Å²) >= 11 is 0. The van der Waals surface area contributed by atoms with Crippen LogP contribution in [0.4, 0.5) is 11.8 Å². The first kappa shape index (κ1) is 30.2. The third-order valence-electron chi connectivity index (χ3n) is 9.58. The molecule has 7 rings (SSSR count). The van der Waals surface area contributed by atoms with Gasteiger partial charge in [-0.2, -0.15) is 4.98 Å². The molecule has 0 spiro atoms. The lowest BCUT2D eigenvalue weighted by Crippen LogP contribution is -2.45. The van der Waals surface area contributed by atoms with E-state index < -0.39 is 0 Å². The summed E-state index contributed by atoms with van der Waals surface area (Å²) in [6.07, 6.45) is 2.96. The number of morpholine rings is 1. The number of fused-ring (bicyclic) bond motifs is 3. The van der Waals surface area contributed by atoms with Crippen molar-refractivity contribution < 1.29 is 4.74 Å². The van der Waals surface area contributed by atoms with Crippen molar-refractivity contribution in [3.8, 4) is 0 Å². The van der Waals surface area contributed by atoms with Gasteiger partial charge in [0.1, 0.15) is 5.82 Å². The van der Waals surface area contributed by atoms with Crippen molar-refractivity contribution in [3.05, 3.63) is 67.2 Å². The van der Waals surface area contributed by atoms with Crippen LogP contribution in [-0.2, 0) is 24.9 Å². The Hall–Kier alpha value is -4.45. The van der Waals surface area contributed by atoms with Gasteiger partial charge >= 0.3 is 11.4 Å². The van der Waals surface area contributed by atoms with Gasteiger partial charge in [-0.25, -0.2) is 14.6 Å². The molecular formula is C34H42N8O4. The second-order valence-electron chi connectivity index (χ2n) is 12.6. The number of ether oxygens (including phenoxy) is 1. The molecule has 0 bridgehead atoms. The van der Waals surface area contributed by atoms with E-state index in [1.54, 1.807) is 11.6 Å². The number of nitrogens with zero attached hydrogens (tertiary/aromatic N) is 8. The number of benzene rings is 2. The Balaban J connectivity index is 1.32. The van der Waals surface area contributed by atoms with Crippen LogP contribution in [0.25, 0.3) is 32.8 Å². The minimum atomic E-state index is -0.283. The van der Waals surface area contributed by atoms with E-state index in [0.29, 0.717) is 82.2 Å². The molecule has 0 unspecified atom stereocenters. The molecule has 5 aromatic rings. The van der Waals surface area contributed by atoms with E-state index in [9.17, 15) is 14.4 Å². The van der Waals surface area contributed by atoms with Crippen LogP contribution in [0.2, 0.25) is 0 Å². The highest BCUT2D eigenvalue weighted by atomic mass is 16.5. The maximum atomic E-state index is 13.7. The maximum absolute atomic E-state index is 13.7. The van der Waals surface area contributed by atoms with Gasteiger partial charge < -0.3 is 14.5 Å². The zero-order chi connectivity index (χ0) is 32.1. The monoisotopic (exact) mass is 626 g/mol. The van der Waals surface area contributed by atoms with Crippen LogP contribution in [0.1, 0.15) is 51.1 Å². The SMILES string of the molecule is CCCn1c(=O)n(CCC)c2cc3c(N4CCC(n5c(=O)c6cc(C)ccc6n(C)c5=O)CC4)nc(N4CCOCC4)nc3cc21. The molecule has 3 aromatic heterocycles. The van der Waals surface area contributed by atoms with Crippen LogP contribution in [-0.4, -0.2) is 67.6 Å². The van der Waals surface area contributed by atoms with Crippen molar-refractivity contribution >= 4 is 44.6 Å². The Bertz CT molecular complexity index is 2130. The molecule has 0 amide bonds. The van der Waals surface area contributed by atoms with E-state index >= 15 is 0 Å². The Morgan fingerprint density at radius 1 is 0.783 bits per heavy atom. The molecular weight excluding hydrogens is 584 g/mol. The molecule has 2 aliphatic rings. The largest absolute Gasteiger partial charge is 0.378 e. The normalized spacial score (nSPS) is 16.3. The number of hydrogen-bond donors (Lipinski definition) is 0. The molecule has 46 heavy (non-hydrogen) atoms. The fourth-order valence-electron chi connectivity index (χ4n) is 7.19. The van der Waals surface area contributed by atoms with Crippen LogP contribution in [0.3, 0.4) is 0 Å². The van der Waals surface area contributed by atoms with Crippen molar-refractivity contribution in [2.45, 2.75) is 65.6 Å².